The summed E-state index contributed by atoms with van der Waals surface area (Å²) in [5.74, 6) is 0.458. The van der Waals surface area contributed by atoms with Gasteiger partial charge in [0.2, 0.25) is 5.95 Å². The van der Waals surface area contributed by atoms with Crippen molar-refractivity contribution in [1.82, 2.24) is 25.1 Å². The molecule has 0 aliphatic carbocycles. The van der Waals surface area contributed by atoms with Crippen LogP contribution in [0.2, 0.25) is 0 Å². The van der Waals surface area contributed by atoms with Gasteiger partial charge in [-0.05, 0) is 13.5 Å². The third-order valence-corrected chi connectivity index (χ3v) is 4.02. The first-order valence-electron chi connectivity index (χ1n) is 7.46. The Morgan fingerprint density at radius 3 is 2.71 bits per heavy atom. The molecule has 0 amide bonds. The van der Waals surface area contributed by atoms with Gasteiger partial charge in [0.25, 0.3) is 0 Å². The molecule has 3 heterocycles. The molecule has 1 aliphatic heterocycles. The van der Waals surface area contributed by atoms with Crippen molar-refractivity contribution in [3.8, 4) is 11.3 Å². The Labute approximate surface area is 136 Å². The van der Waals surface area contributed by atoms with Crippen LogP contribution in [0.4, 0.5) is 24.9 Å². The lowest BCUT2D eigenvalue weighted by Gasteiger charge is -2.18. The fourth-order valence-corrected chi connectivity index (χ4v) is 2.84. The van der Waals surface area contributed by atoms with Crippen LogP contribution in [-0.4, -0.2) is 45.9 Å². The summed E-state index contributed by atoms with van der Waals surface area (Å²) in [6, 6.07) is 1.84. The van der Waals surface area contributed by atoms with E-state index in [4.69, 9.17) is 5.73 Å². The second-order valence-electron chi connectivity index (χ2n) is 5.75. The SMILES string of the molecule is CN[C@@H]1CCN(c2cc(-c3cn(C)nc3C(F)(F)F)nc(N)n2)C1. The molecule has 0 unspecified atom stereocenters. The summed E-state index contributed by atoms with van der Waals surface area (Å²) in [4.78, 5) is 10.1. The highest BCUT2D eigenvalue weighted by Gasteiger charge is 2.38. The molecule has 7 nitrogen and oxygen atoms in total. The summed E-state index contributed by atoms with van der Waals surface area (Å²) < 4.78 is 40.6. The fraction of sp³-hybridized carbons (Fsp3) is 0.500. The fourth-order valence-electron chi connectivity index (χ4n) is 2.84. The van der Waals surface area contributed by atoms with Gasteiger partial charge in [-0.3, -0.25) is 4.68 Å². The predicted molar refractivity (Wildman–Crippen MR) is 83.3 cm³/mol. The van der Waals surface area contributed by atoms with E-state index in [0.717, 1.165) is 17.6 Å². The molecular formula is C14H18F3N7. The average Bonchev–Trinajstić information content (AvgIpc) is 3.12. The van der Waals surface area contributed by atoms with Crippen LogP contribution in [0.15, 0.2) is 12.3 Å². The lowest BCUT2D eigenvalue weighted by molar-refractivity contribution is -0.141. The highest BCUT2D eigenvalue weighted by molar-refractivity contribution is 5.66. The summed E-state index contributed by atoms with van der Waals surface area (Å²) in [5, 5.41) is 6.69. The zero-order valence-corrected chi connectivity index (χ0v) is 13.3. The zero-order valence-electron chi connectivity index (χ0n) is 13.3. The van der Waals surface area contributed by atoms with E-state index >= 15 is 0 Å². The number of hydrogen-bond donors (Lipinski definition) is 2. The molecule has 2 aromatic rings. The van der Waals surface area contributed by atoms with Crippen LogP contribution in [0, 0.1) is 0 Å². The van der Waals surface area contributed by atoms with E-state index in [1.807, 2.05) is 11.9 Å². The molecule has 3 rings (SSSR count). The number of rotatable bonds is 3. The first-order valence-corrected chi connectivity index (χ1v) is 7.46. The van der Waals surface area contributed by atoms with Crippen LogP contribution in [0.5, 0.6) is 0 Å². The van der Waals surface area contributed by atoms with Crippen molar-refractivity contribution < 1.29 is 13.2 Å². The van der Waals surface area contributed by atoms with Crippen molar-refractivity contribution in [2.75, 3.05) is 30.8 Å². The van der Waals surface area contributed by atoms with Gasteiger partial charge < -0.3 is 16.0 Å². The van der Waals surface area contributed by atoms with Gasteiger partial charge in [-0.25, -0.2) is 4.98 Å². The smallest absolute Gasteiger partial charge is 0.368 e. The Balaban J connectivity index is 2.01. The molecule has 3 N–H and O–H groups in total. The largest absolute Gasteiger partial charge is 0.435 e. The molecule has 1 saturated heterocycles. The van der Waals surface area contributed by atoms with Gasteiger partial charge >= 0.3 is 6.18 Å². The molecule has 0 bridgehead atoms. The topological polar surface area (TPSA) is 84.9 Å². The molecule has 0 spiro atoms. The highest BCUT2D eigenvalue weighted by Crippen LogP contribution is 2.36. The number of nitrogens with two attached hydrogens (primary N) is 1. The monoisotopic (exact) mass is 341 g/mol. The molecule has 1 fully saturated rings. The van der Waals surface area contributed by atoms with Crippen LogP contribution in [0.3, 0.4) is 0 Å². The maximum absolute atomic E-state index is 13.2. The Morgan fingerprint density at radius 2 is 2.08 bits per heavy atom. The standard InChI is InChI=1S/C14H18F3N7/c1-19-8-3-4-24(6-8)11-5-10(20-13(18)21-11)9-7-23(2)22-12(9)14(15,16)17/h5,7-8,19H,3-4,6H2,1-2H3,(H2,18,20,21)/t8-/m1/s1. The maximum Gasteiger partial charge on any atom is 0.435 e. The lowest BCUT2D eigenvalue weighted by atomic mass is 10.1. The minimum Gasteiger partial charge on any atom is -0.368 e. The van der Waals surface area contributed by atoms with E-state index in [0.29, 0.717) is 18.4 Å². The number of aryl methyl sites for hydroxylation is 1. The van der Waals surface area contributed by atoms with Crippen molar-refractivity contribution in [3.05, 3.63) is 18.0 Å². The van der Waals surface area contributed by atoms with Gasteiger partial charge in [-0.2, -0.15) is 23.3 Å². The Bertz CT molecular complexity index is 740. The number of likely N-dealkylation sites (N-methyl/N-ethyl adjacent to an activating group) is 1. The van der Waals surface area contributed by atoms with Gasteiger partial charge in [0.15, 0.2) is 5.69 Å². The summed E-state index contributed by atoms with van der Waals surface area (Å²) >= 11 is 0. The van der Waals surface area contributed by atoms with Gasteiger partial charge in [0, 0.05) is 38.4 Å². The van der Waals surface area contributed by atoms with Gasteiger partial charge in [0.05, 0.1) is 11.3 Å². The van der Waals surface area contributed by atoms with Crippen LogP contribution in [0.1, 0.15) is 12.1 Å². The Hall–Kier alpha value is -2.36. The number of anilines is 2. The summed E-state index contributed by atoms with van der Waals surface area (Å²) in [6.07, 6.45) is -2.35. The second-order valence-corrected chi connectivity index (χ2v) is 5.75. The van der Waals surface area contributed by atoms with Crippen molar-refractivity contribution in [1.29, 1.82) is 0 Å². The van der Waals surface area contributed by atoms with Crippen molar-refractivity contribution >= 4 is 11.8 Å². The summed E-state index contributed by atoms with van der Waals surface area (Å²) in [5.41, 5.74) is 4.75. The molecule has 1 atom stereocenters. The van der Waals surface area contributed by atoms with E-state index in [9.17, 15) is 13.2 Å². The number of nitrogen functional groups attached to an aromatic ring is 1. The van der Waals surface area contributed by atoms with E-state index in [2.05, 4.69) is 20.4 Å². The molecule has 0 aromatic carbocycles. The molecule has 0 radical (unpaired) electrons. The van der Waals surface area contributed by atoms with Gasteiger partial charge in [-0.15, -0.1) is 0 Å². The lowest BCUT2D eigenvalue weighted by Crippen LogP contribution is -2.30. The Kier molecular flexibility index (Phi) is 4.08. The van der Waals surface area contributed by atoms with Crippen LogP contribution < -0.4 is 16.0 Å². The quantitative estimate of drug-likeness (QED) is 0.875. The molecule has 130 valence electrons. The van der Waals surface area contributed by atoms with Crippen LogP contribution in [-0.2, 0) is 13.2 Å². The van der Waals surface area contributed by atoms with Crippen LogP contribution >= 0.6 is 0 Å². The first kappa shape index (κ1) is 16.5. The van der Waals surface area contributed by atoms with E-state index < -0.39 is 11.9 Å². The summed E-state index contributed by atoms with van der Waals surface area (Å²) in [6.45, 7) is 1.46. The number of nitrogens with one attached hydrogen (secondary N) is 1. The van der Waals surface area contributed by atoms with Crippen molar-refractivity contribution in [2.45, 2.75) is 18.6 Å². The van der Waals surface area contributed by atoms with Gasteiger partial charge in [0.1, 0.15) is 5.82 Å². The third-order valence-electron chi connectivity index (χ3n) is 4.02. The normalized spacial score (nSPS) is 18.4. The number of hydrogen-bond acceptors (Lipinski definition) is 6. The minimum absolute atomic E-state index is 0.0626. The molecule has 0 saturated carbocycles. The van der Waals surface area contributed by atoms with E-state index in [-0.39, 0.29) is 17.2 Å². The predicted octanol–water partition coefficient (Wildman–Crippen LogP) is 1.28. The second kappa shape index (κ2) is 5.93. The molecule has 24 heavy (non-hydrogen) atoms. The van der Waals surface area contributed by atoms with Crippen molar-refractivity contribution in [2.24, 2.45) is 7.05 Å². The summed E-state index contributed by atoms with van der Waals surface area (Å²) in [7, 11) is 3.31. The van der Waals surface area contributed by atoms with Crippen LogP contribution in [0.25, 0.3) is 11.3 Å². The molecule has 2 aromatic heterocycles. The van der Waals surface area contributed by atoms with E-state index in [1.165, 1.54) is 19.3 Å². The van der Waals surface area contributed by atoms with Crippen molar-refractivity contribution in [3.63, 3.8) is 0 Å². The average molecular weight is 341 g/mol. The third kappa shape index (κ3) is 3.14. The molecule has 1 aliphatic rings. The van der Waals surface area contributed by atoms with Gasteiger partial charge in [-0.1, -0.05) is 0 Å². The maximum atomic E-state index is 13.2. The number of alkyl halides is 3. The molecular weight excluding hydrogens is 323 g/mol. The number of aromatic nitrogens is 4. The number of nitrogens with zero attached hydrogens (tertiary/aromatic N) is 5. The minimum atomic E-state index is -4.57. The number of halogens is 3. The molecule has 10 heteroatoms. The zero-order chi connectivity index (χ0) is 17.5. The first-order chi connectivity index (χ1) is 11.3. The Morgan fingerprint density at radius 1 is 1.33 bits per heavy atom. The highest BCUT2D eigenvalue weighted by atomic mass is 19.4. The van der Waals surface area contributed by atoms with E-state index in [1.54, 1.807) is 0 Å².